The third-order valence-electron chi connectivity index (χ3n) is 5.04. The van der Waals surface area contributed by atoms with Gasteiger partial charge in [-0.3, -0.25) is 4.79 Å². The monoisotopic (exact) mass is 424 g/mol. The van der Waals surface area contributed by atoms with Gasteiger partial charge in [-0.2, -0.15) is 4.98 Å². The number of rotatable bonds is 9. The minimum absolute atomic E-state index is 0. The highest BCUT2D eigenvalue weighted by atomic mass is 35.5. The van der Waals surface area contributed by atoms with Crippen molar-refractivity contribution >= 4 is 18.3 Å². The molecule has 8 nitrogen and oxygen atoms in total. The molecule has 1 amide bonds. The number of carbonyl (C=O) groups excluding carboxylic acids is 1. The topological polar surface area (TPSA) is 98.5 Å². The van der Waals surface area contributed by atoms with Gasteiger partial charge in [-0.15, -0.1) is 12.4 Å². The maximum Gasteiger partial charge on any atom is 0.251 e. The predicted molar refractivity (Wildman–Crippen MR) is 110 cm³/mol. The van der Waals surface area contributed by atoms with Crippen molar-refractivity contribution in [3.63, 3.8) is 0 Å². The van der Waals surface area contributed by atoms with E-state index in [9.17, 15) is 4.79 Å². The molecule has 160 valence electrons. The van der Waals surface area contributed by atoms with Crippen LogP contribution in [0.4, 0.5) is 0 Å². The molecule has 0 bridgehead atoms. The molecule has 1 aliphatic heterocycles. The summed E-state index contributed by atoms with van der Waals surface area (Å²) in [6.45, 7) is 5.33. The fourth-order valence-corrected chi connectivity index (χ4v) is 3.35. The molecular formula is C20H29ClN4O4. The molecular weight excluding hydrogens is 396 g/mol. The van der Waals surface area contributed by atoms with E-state index in [1.54, 1.807) is 31.4 Å². The van der Waals surface area contributed by atoms with Crippen molar-refractivity contribution in [3.05, 3.63) is 41.5 Å². The van der Waals surface area contributed by atoms with Crippen molar-refractivity contribution < 1.29 is 18.8 Å². The fourth-order valence-electron chi connectivity index (χ4n) is 3.35. The van der Waals surface area contributed by atoms with Crippen LogP contribution in [0.1, 0.15) is 41.8 Å². The van der Waals surface area contributed by atoms with Gasteiger partial charge in [0.25, 0.3) is 5.91 Å². The molecule has 2 heterocycles. The van der Waals surface area contributed by atoms with Gasteiger partial charge in [-0.25, -0.2) is 0 Å². The van der Waals surface area contributed by atoms with Crippen LogP contribution in [-0.4, -0.2) is 49.4 Å². The number of nitrogens with zero attached hydrogens (tertiary/aromatic N) is 2. The van der Waals surface area contributed by atoms with Crippen LogP contribution in [0.15, 0.2) is 28.8 Å². The summed E-state index contributed by atoms with van der Waals surface area (Å²) < 4.78 is 16.1. The Hall–Kier alpha value is -2.16. The standard InChI is InChI=1S/C20H28N4O4.ClH/c1-3-18-23-17(24-28-18)12-27-16-6-4-15(5-7-16)19(25)22-13-20(14-26-2)8-10-21-11-9-20;/h4-7,21H,3,8-14H2,1-2H3,(H,22,25);1H. The lowest BCUT2D eigenvalue weighted by atomic mass is 9.79. The first-order chi connectivity index (χ1) is 13.6. The molecule has 29 heavy (non-hydrogen) atoms. The zero-order chi connectivity index (χ0) is 19.8. The summed E-state index contributed by atoms with van der Waals surface area (Å²) in [6.07, 6.45) is 2.67. The number of carbonyl (C=O) groups is 1. The molecule has 1 aromatic heterocycles. The first kappa shape index (κ1) is 23.1. The molecule has 0 atom stereocenters. The lowest BCUT2D eigenvalue weighted by molar-refractivity contribution is 0.0512. The predicted octanol–water partition coefficient (Wildman–Crippen LogP) is 2.38. The maximum atomic E-state index is 12.5. The van der Waals surface area contributed by atoms with Gasteiger partial charge >= 0.3 is 0 Å². The summed E-state index contributed by atoms with van der Waals surface area (Å²) in [7, 11) is 1.71. The van der Waals surface area contributed by atoms with Crippen LogP contribution in [-0.2, 0) is 17.8 Å². The number of benzene rings is 1. The Bertz CT molecular complexity index is 755. The highest BCUT2D eigenvalue weighted by Crippen LogP contribution is 2.28. The van der Waals surface area contributed by atoms with Crippen molar-refractivity contribution in [2.75, 3.05) is 33.4 Å². The summed E-state index contributed by atoms with van der Waals surface area (Å²) in [5.41, 5.74) is 0.599. The highest BCUT2D eigenvalue weighted by molar-refractivity contribution is 5.94. The Morgan fingerprint density at radius 3 is 2.62 bits per heavy atom. The maximum absolute atomic E-state index is 12.5. The molecule has 1 fully saturated rings. The molecule has 0 unspecified atom stereocenters. The molecule has 1 aliphatic rings. The number of ether oxygens (including phenoxy) is 2. The van der Waals surface area contributed by atoms with Gasteiger partial charge in [0.05, 0.1) is 6.61 Å². The van der Waals surface area contributed by atoms with Crippen LogP contribution >= 0.6 is 12.4 Å². The van der Waals surface area contributed by atoms with Crippen molar-refractivity contribution in [2.24, 2.45) is 5.41 Å². The van der Waals surface area contributed by atoms with Crippen molar-refractivity contribution in [1.82, 2.24) is 20.8 Å². The molecule has 2 N–H and O–H groups in total. The highest BCUT2D eigenvalue weighted by Gasteiger charge is 2.32. The van der Waals surface area contributed by atoms with Crippen LogP contribution in [0, 0.1) is 5.41 Å². The average molecular weight is 425 g/mol. The molecule has 1 saturated heterocycles. The molecule has 2 aromatic rings. The quantitative estimate of drug-likeness (QED) is 0.637. The zero-order valence-corrected chi connectivity index (χ0v) is 17.7. The molecule has 3 rings (SSSR count). The van der Waals surface area contributed by atoms with E-state index in [1.807, 2.05) is 6.92 Å². The average Bonchev–Trinajstić information content (AvgIpc) is 3.20. The van der Waals surface area contributed by atoms with E-state index in [0.717, 1.165) is 25.9 Å². The molecule has 0 saturated carbocycles. The summed E-state index contributed by atoms with van der Waals surface area (Å²) in [5, 5.41) is 10.3. The number of hydrogen-bond acceptors (Lipinski definition) is 7. The van der Waals surface area contributed by atoms with E-state index in [-0.39, 0.29) is 30.3 Å². The van der Waals surface area contributed by atoms with E-state index in [0.29, 0.717) is 42.6 Å². The third kappa shape index (κ3) is 6.42. The second kappa shape index (κ2) is 11.1. The number of aromatic nitrogens is 2. The number of nitrogens with one attached hydrogen (secondary N) is 2. The minimum atomic E-state index is -0.0914. The number of aryl methyl sites for hydroxylation is 1. The molecule has 1 aromatic carbocycles. The zero-order valence-electron chi connectivity index (χ0n) is 16.9. The summed E-state index contributed by atoms with van der Waals surface area (Å²) in [6, 6.07) is 7.05. The number of piperidine rings is 1. The van der Waals surface area contributed by atoms with Crippen molar-refractivity contribution in [3.8, 4) is 5.75 Å². The smallest absolute Gasteiger partial charge is 0.251 e. The molecule has 9 heteroatoms. The Balaban J connectivity index is 0.00000300. The molecule has 0 spiro atoms. The lowest BCUT2D eigenvalue weighted by Gasteiger charge is -2.37. The molecule has 0 aliphatic carbocycles. The molecule has 0 radical (unpaired) electrons. The second-order valence-electron chi connectivity index (χ2n) is 7.14. The summed E-state index contributed by atoms with van der Waals surface area (Å²) in [5.74, 6) is 1.65. The first-order valence-corrected chi connectivity index (χ1v) is 9.66. The van der Waals surface area contributed by atoms with E-state index in [4.69, 9.17) is 14.0 Å². The van der Waals surface area contributed by atoms with Crippen molar-refractivity contribution in [2.45, 2.75) is 32.8 Å². The summed E-state index contributed by atoms with van der Waals surface area (Å²) >= 11 is 0. The normalized spacial score (nSPS) is 15.4. The van der Waals surface area contributed by atoms with Crippen molar-refractivity contribution in [1.29, 1.82) is 0 Å². The largest absolute Gasteiger partial charge is 0.485 e. The Morgan fingerprint density at radius 2 is 2.00 bits per heavy atom. The Labute approximate surface area is 177 Å². The van der Waals surface area contributed by atoms with Gasteiger partial charge in [0, 0.05) is 31.1 Å². The first-order valence-electron chi connectivity index (χ1n) is 9.66. The van der Waals surface area contributed by atoms with Gasteiger partial charge in [0.2, 0.25) is 11.7 Å². The third-order valence-corrected chi connectivity index (χ3v) is 5.04. The second-order valence-corrected chi connectivity index (χ2v) is 7.14. The van der Waals surface area contributed by atoms with Gasteiger partial charge in [-0.1, -0.05) is 12.1 Å². The van der Waals surface area contributed by atoms with E-state index in [1.165, 1.54) is 0 Å². The Kier molecular flexibility index (Phi) is 8.88. The van der Waals surface area contributed by atoms with Crippen LogP contribution < -0.4 is 15.4 Å². The van der Waals surface area contributed by atoms with Crippen LogP contribution in [0.5, 0.6) is 5.75 Å². The number of amides is 1. The van der Waals surface area contributed by atoms with Crippen LogP contribution in [0.3, 0.4) is 0 Å². The van der Waals surface area contributed by atoms with Crippen LogP contribution in [0.2, 0.25) is 0 Å². The fraction of sp³-hybridized carbons (Fsp3) is 0.550. The Morgan fingerprint density at radius 1 is 1.28 bits per heavy atom. The summed E-state index contributed by atoms with van der Waals surface area (Å²) in [4.78, 5) is 16.7. The number of halogens is 1. The van der Waals surface area contributed by atoms with Gasteiger partial charge in [0.1, 0.15) is 5.75 Å². The van der Waals surface area contributed by atoms with Gasteiger partial charge in [0.15, 0.2) is 6.61 Å². The lowest BCUT2D eigenvalue weighted by Crippen LogP contribution is -2.47. The van der Waals surface area contributed by atoms with E-state index < -0.39 is 0 Å². The van der Waals surface area contributed by atoms with Crippen LogP contribution in [0.25, 0.3) is 0 Å². The van der Waals surface area contributed by atoms with Gasteiger partial charge < -0.3 is 24.6 Å². The number of hydrogen-bond donors (Lipinski definition) is 2. The minimum Gasteiger partial charge on any atom is -0.485 e. The van der Waals surface area contributed by atoms with E-state index in [2.05, 4.69) is 20.8 Å². The number of methoxy groups -OCH3 is 1. The van der Waals surface area contributed by atoms with E-state index >= 15 is 0 Å². The SMILES string of the molecule is CCc1nc(COc2ccc(C(=O)NCC3(COC)CCNCC3)cc2)no1.Cl. The van der Waals surface area contributed by atoms with Gasteiger partial charge in [-0.05, 0) is 50.2 Å².